The van der Waals surface area contributed by atoms with Crippen LogP contribution in [0.15, 0.2) is 36.4 Å². The van der Waals surface area contributed by atoms with Crippen molar-refractivity contribution in [2.24, 2.45) is 0 Å². The van der Waals surface area contributed by atoms with E-state index in [1.807, 2.05) is 0 Å². The summed E-state index contributed by atoms with van der Waals surface area (Å²) in [5.41, 5.74) is 0.608. The number of aliphatic carboxylic acids is 1. The Kier molecular flexibility index (Phi) is 8.42. The molecule has 0 radical (unpaired) electrons. The first-order valence-corrected chi connectivity index (χ1v) is 10.2. The number of carboxylic acids is 1. The third-order valence-electron chi connectivity index (χ3n) is 4.07. The monoisotopic (exact) mass is 469 g/mol. The van der Waals surface area contributed by atoms with Crippen molar-refractivity contribution in [2.75, 3.05) is 7.11 Å². The van der Waals surface area contributed by atoms with E-state index < -0.39 is 23.7 Å². The standard InChI is InChI=1S/C22H25Cl2NO6/c1-22(2,3)31-21(28)25-16(20(26)27)11-13-8-9-17(29-4)14(10-13)12-30-18-7-5-6-15(23)19(18)24/h5-10,16H,11-12H2,1-4H3,(H,25,28)(H,26,27). The van der Waals surface area contributed by atoms with Crippen molar-refractivity contribution in [3.63, 3.8) is 0 Å². The first-order chi connectivity index (χ1) is 14.5. The molecule has 7 nitrogen and oxygen atoms in total. The number of carboxylic acid groups (broad SMARTS) is 1. The molecule has 2 N–H and O–H groups in total. The first kappa shape index (κ1) is 24.6. The van der Waals surface area contributed by atoms with Crippen LogP contribution < -0.4 is 14.8 Å². The van der Waals surface area contributed by atoms with Crippen LogP contribution in [0.5, 0.6) is 11.5 Å². The molecule has 0 aliphatic rings. The number of carbonyl (C=O) groups is 2. The molecule has 2 rings (SSSR count). The summed E-state index contributed by atoms with van der Waals surface area (Å²) in [4.78, 5) is 23.6. The van der Waals surface area contributed by atoms with Crippen LogP contribution in [0.3, 0.4) is 0 Å². The molecular weight excluding hydrogens is 445 g/mol. The van der Waals surface area contributed by atoms with Crippen molar-refractivity contribution in [2.45, 2.75) is 45.4 Å². The van der Waals surface area contributed by atoms with Crippen LogP contribution in [-0.2, 0) is 22.6 Å². The average molecular weight is 470 g/mol. The van der Waals surface area contributed by atoms with Crippen molar-refractivity contribution in [3.8, 4) is 11.5 Å². The zero-order valence-electron chi connectivity index (χ0n) is 17.7. The van der Waals surface area contributed by atoms with Crippen LogP contribution in [0, 0.1) is 0 Å². The number of carbonyl (C=O) groups excluding carboxylic acids is 1. The molecule has 0 fully saturated rings. The van der Waals surface area contributed by atoms with Crippen molar-refractivity contribution < 1.29 is 28.9 Å². The Balaban J connectivity index is 2.16. The lowest BCUT2D eigenvalue weighted by molar-refractivity contribution is -0.139. The van der Waals surface area contributed by atoms with Gasteiger partial charge in [-0.05, 0) is 50.6 Å². The summed E-state index contributed by atoms with van der Waals surface area (Å²) in [6.45, 7) is 5.22. The maximum absolute atomic E-state index is 12.0. The smallest absolute Gasteiger partial charge is 0.408 e. The van der Waals surface area contributed by atoms with Gasteiger partial charge in [-0.2, -0.15) is 0 Å². The molecular formula is C22H25Cl2NO6. The Bertz CT molecular complexity index is 942. The van der Waals surface area contributed by atoms with E-state index in [0.717, 1.165) is 0 Å². The molecule has 168 valence electrons. The van der Waals surface area contributed by atoms with E-state index in [1.165, 1.54) is 7.11 Å². The third-order valence-corrected chi connectivity index (χ3v) is 4.87. The number of halogens is 2. The number of hydrogen-bond acceptors (Lipinski definition) is 5. The quantitative estimate of drug-likeness (QED) is 0.558. The highest BCUT2D eigenvalue weighted by molar-refractivity contribution is 6.42. The maximum atomic E-state index is 12.0. The lowest BCUT2D eigenvalue weighted by Gasteiger charge is -2.22. The Morgan fingerprint density at radius 3 is 2.45 bits per heavy atom. The van der Waals surface area contributed by atoms with Gasteiger partial charge in [-0.15, -0.1) is 0 Å². The zero-order chi connectivity index (χ0) is 23.2. The van der Waals surface area contributed by atoms with Gasteiger partial charge >= 0.3 is 12.1 Å². The van der Waals surface area contributed by atoms with Gasteiger partial charge in [-0.1, -0.05) is 35.3 Å². The normalized spacial score (nSPS) is 12.1. The number of benzene rings is 2. The van der Waals surface area contributed by atoms with Gasteiger partial charge in [-0.3, -0.25) is 0 Å². The summed E-state index contributed by atoms with van der Waals surface area (Å²) in [7, 11) is 1.52. The highest BCUT2D eigenvalue weighted by Gasteiger charge is 2.24. The minimum absolute atomic E-state index is 0.0451. The number of nitrogens with one attached hydrogen (secondary N) is 1. The summed E-state index contributed by atoms with van der Waals surface area (Å²) in [5.74, 6) is -0.198. The van der Waals surface area contributed by atoms with Crippen LogP contribution in [0.1, 0.15) is 31.9 Å². The lowest BCUT2D eigenvalue weighted by atomic mass is 10.0. The van der Waals surface area contributed by atoms with Gasteiger partial charge in [0.05, 0.1) is 12.1 Å². The summed E-state index contributed by atoms with van der Waals surface area (Å²) in [5, 5.41) is 12.6. The van der Waals surface area contributed by atoms with E-state index in [4.69, 9.17) is 37.4 Å². The predicted octanol–water partition coefficient (Wildman–Crippen LogP) is 5.10. The minimum atomic E-state index is -1.18. The summed E-state index contributed by atoms with van der Waals surface area (Å²) < 4.78 is 16.3. The lowest BCUT2D eigenvalue weighted by Crippen LogP contribution is -2.44. The summed E-state index contributed by atoms with van der Waals surface area (Å²) in [6, 6.07) is 9.08. The van der Waals surface area contributed by atoms with Crippen molar-refractivity contribution in [3.05, 3.63) is 57.6 Å². The Hall–Kier alpha value is -2.64. The van der Waals surface area contributed by atoms with E-state index in [-0.39, 0.29) is 13.0 Å². The fourth-order valence-electron chi connectivity index (χ4n) is 2.71. The van der Waals surface area contributed by atoms with E-state index in [1.54, 1.807) is 57.2 Å². The fraction of sp³-hybridized carbons (Fsp3) is 0.364. The van der Waals surface area contributed by atoms with Crippen LogP contribution in [0.25, 0.3) is 0 Å². The van der Waals surface area contributed by atoms with Crippen molar-refractivity contribution in [1.29, 1.82) is 0 Å². The SMILES string of the molecule is COc1ccc(CC(NC(=O)OC(C)(C)C)C(=O)O)cc1COc1cccc(Cl)c1Cl. The highest BCUT2D eigenvalue weighted by atomic mass is 35.5. The Labute approximate surface area is 191 Å². The molecule has 0 aromatic heterocycles. The average Bonchev–Trinajstić information content (AvgIpc) is 2.67. The predicted molar refractivity (Wildman–Crippen MR) is 118 cm³/mol. The van der Waals surface area contributed by atoms with E-state index in [2.05, 4.69) is 5.32 Å². The molecule has 1 atom stereocenters. The molecule has 1 amide bonds. The second kappa shape index (κ2) is 10.6. The molecule has 9 heteroatoms. The minimum Gasteiger partial charge on any atom is -0.496 e. The molecule has 0 saturated carbocycles. The Morgan fingerprint density at radius 1 is 1.13 bits per heavy atom. The van der Waals surface area contributed by atoms with Gasteiger partial charge < -0.3 is 24.6 Å². The summed E-state index contributed by atoms with van der Waals surface area (Å²) in [6.07, 6.45) is -0.753. The summed E-state index contributed by atoms with van der Waals surface area (Å²) >= 11 is 12.2. The molecule has 0 heterocycles. The largest absolute Gasteiger partial charge is 0.496 e. The van der Waals surface area contributed by atoms with Crippen LogP contribution >= 0.6 is 23.2 Å². The Morgan fingerprint density at radius 2 is 1.84 bits per heavy atom. The number of alkyl carbamates (subject to hydrolysis) is 1. The van der Waals surface area contributed by atoms with Gasteiger partial charge in [-0.25, -0.2) is 9.59 Å². The third kappa shape index (κ3) is 7.52. The van der Waals surface area contributed by atoms with E-state index in [0.29, 0.717) is 32.7 Å². The highest BCUT2D eigenvalue weighted by Crippen LogP contribution is 2.32. The molecule has 2 aromatic rings. The zero-order valence-corrected chi connectivity index (χ0v) is 19.2. The molecule has 1 unspecified atom stereocenters. The van der Waals surface area contributed by atoms with Crippen LogP contribution in [0.2, 0.25) is 10.0 Å². The number of ether oxygens (including phenoxy) is 3. The fourth-order valence-corrected chi connectivity index (χ4v) is 3.05. The van der Waals surface area contributed by atoms with Gasteiger partial charge in [0, 0.05) is 12.0 Å². The van der Waals surface area contributed by atoms with Gasteiger partial charge in [0.25, 0.3) is 0 Å². The molecule has 0 saturated heterocycles. The number of rotatable bonds is 8. The van der Waals surface area contributed by atoms with Crippen LogP contribution in [-0.4, -0.2) is 35.9 Å². The molecule has 0 spiro atoms. The topological polar surface area (TPSA) is 94.1 Å². The molecule has 0 bridgehead atoms. The van der Waals surface area contributed by atoms with Gasteiger partial charge in [0.2, 0.25) is 0 Å². The molecule has 2 aromatic carbocycles. The first-order valence-electron chi connectivity index (χ1n) is 9.45. The molecule has 31 heavy (non-hydrogen) atoms. The number of hydrogen-bond donors (Lipinski definition) is 2. The molecule has 0 aliphatic heterocycles. The number of amides is 1. The molecule has 0 aliphatic carbocycles. The van der Waals surface area contributed by atoms with E-state index >= 15 is 0 Å². The van der Waals surface area contributed by atoms with Gasteiger partial charge in [0.15, 0.2) is 0 Å². The van der Waals surface area contributed by atoms with E-state index in [9.17, 15) is 14.7 Å². The van der Waals surface area contributed by atoms with Crippen molar-refractivity contribution >= 4 is 35.3 Å². The second-order valence-corrected chi connectivity index (χ2v) is 8.51. The van der Waals surface area contributed by atoms with Crippen molar-refractivity contribution in [1.82, 2.24) is 5.32 Å². The van der Waals surface area contributed by atoms with Gasteiger partial charge in [0.1, 0.15) is 34.8 Å². The number of methoxy groups -OCH3 is 1. The maximum Gasteiger partial charge on any atom is 0.408 e. The van der Waals surface area contributed by atoms with Crippen LogP contribution in [0.4, 0.5) is 4.79 Å². The second-order valence-electron chi connectivity index (χ2n) is 7.73.